The molecule has 9 heteroatoms. The first-order valence-electron chi connectivity index (χ1n) is 7.85. The summed E-state index contributed by atoms with van der Waals surface area (Å²) >= 11 is 0. The number of fused-ring (bicyclic) bond motifs is 3. The molecule has 24 heavy (non-hydrogen) atoms. The van der Waals surface area contributed by atoms with E-state index in [0.717, 1.165) is 7.11 Å². The second-order valence-corrected chi connectivity index (χ2v) is 7.09. The van der Waals surface area contributed by atoms with Crippen molar-refractivity contribution >= 4 is 5.97 Å². The highest BCUT2D eigenvalue weighted by molar-refractivity contribution is 5.75. The van der Waals surface area contributed by atoms with Gasteiger partial charge in [0.05, 0.1) is 7.11 Å². The van der Waals surface area contributed by atoms with Gasteiger partial charge in [-0.1, -0.05) is 0 Å². The lowest BCUT2D eigenvalue weighted by Crippen LogP contribution is -2.61. The van der Waals surface area contributed by atoms with Crippen molar-refractivity contribution in [2.24, 2.45) is 0 Å². The minimum Gasteiger partial charge on any atom is -0.467 e. The summed E-state index contributed by atoms with van der Waals surface area (Å²) in [5.41, 5.74) is 0. The third-order valence-corrected chi connectivity index (χ3v) is 4.29. The summed E-state index contributed by atoms with van der Waals surface area (Å²) in [4.78, 5) is 11.5. The molecule has 3 heterocycles. The molecule has 3 aliphatic heterocycles. The summed E-state index contributed by atoms with van der Waals surface area (Å²) < 4.78 is 33.5. The fourth-order valence-corrected chi connectivity index (χ4v) is 3.36. The van der Waals surface area contributed by atoms with Crippen LogP contribution in [0.2, 0.25) is 0 Å². The van der Waals surface area contributed by atoms with Gasteiger partial charge >= 0.3 is 5.97 Å². The Balaban J connectivity index is 1.86. The molecule has 3 saturated heterocycles. The molecule has 0 bridgehead atoms. The van der Waals surface area contributed by atoms with E-state index in [0.29, 0.717) is 0 Å². The summed E-state index contributed by atoms with van der Waals surface area (Å²) in [5, 5.41) is 20.4. The van der Waals surface area contributed by atoms with Gasteiger partial charge < -0.3 is 38.6 Å². The third kappa shape index (κ3) is 3.05. The first-order valence-corrected chi connectivity index (χ1v) is 7.85. The van der Waals surface area contributed by atoms with E-state index in [-0.39, 0.29) is 0 Å². The molecule has 0 aliphatic carbocycles. The van der Waals surface area contributed by atoms with Crippen molar-refractivity contribution < 1.29 is 43.4 Å². The number of methoxy groups -OCH3 is 1. The zero-order chi connectivity index (χ0) is 17.9. The predicted molar refractivity (Wildman–Crippen MR) is 76.6 cm³/mol. The smallest absolute Gasteiger partial charge is 0.337 e. The number of aliphatic hydroxyl groups excluding tert-OH is 2. The Hall–Kier alpha value is -0.810. The molecule has 7 atom stereocenters. The molecule has 9 nitrogen and oxygen atoms in total. The topological polar surface area (TPSA) is 113 Å². The van der Waals surface area contributed by atoms with Crippen molar-refractivity contribution in [2.75, 3.05) is 7.11 Å². The minimum atomic E-state index is -1.78. The number of carbonyl (C=O) groups excluding carboxylic acids is 1. The van der Waals surface area contributed by atoms with E-state index < -0.39 is 60.5 Å². The van der Waals surface area contributed by atoms with Crippen LogP contribution in [0.15, 0.2) is 0 Å². The Morgan fingerprint density at radius 1 is 0.958 bits per heavy atom. The second-order valence-electron chi connectivity index (χ2n) is 7.09. The highest BCUT2D eigenvalue weighted by atomic mass is 16.9. The Morgan fingerprint density at radius 3 is 2.12 bits per heavy atom. The van der Waals surface area contributed by atoms with Crippen LogP contribution in [0, 0.1) is 0 Å². The van der Waals surface area contributed by atoms with Crippen LogP contribution in [0.5, 0.6) is 0 Å². The lowest BCUT2D eigenvalue weighted by molar-refractivity contribution is -0.261. The van der Waals surface area contributed by atoms with Gasteiger partial charge in [0.15, 0.2) is 24.0 Å². The molecule has 3 fully saturated rings. The van der Waals surface area contributed by atoms with E-state index in [9.17, 15) is 15.0 Å². The van der Waals surface area contributed by atoms with Crippen molar-refractivity contribution in [1.82, 2.24) is 0 Å². The molecular weight excluding hydrogens is 324 g/mol. The zero-order valence-corrected chi connectivity index (χ0v) is 14.3. The van der Waals surface area contributed by atoms with Gasteiger partial charge in [0.2, 0.25) is 0 Å². The van der Waals surface area contributed by atoms with Crippen LogP contribution in [0.25, 0.3) is 0 Å². The van der Waals surface area contributed by atoms with E-state index in [4.69, 9.17) is 23.7 Å². The lowest BCUT2D eigenvalue weighted by Gasteiger charge is -2.39. The average Bonchev–Trinajstić information content (AvgIpc) is 2.98. The number of carbonyl (C=O) groups is 1. The average molecular weight is 348 g/mol. The van der Waals surface area contributed by atoms with Crippen LogP contribution >= 0.6 is 0 Å². The Bertz CT molecular complexity index is 505. The van der Waals surface area contributed by atoms with Crippen molar-refractivity contribution in [1.29, 1.82) is 0 Å². The molecule has 0 aromatic heterocycles. The van der Waals surface area contributed by atoms with E-state index in [1.807, 2.05) is 0 Å². The Labute approximate surface area is 139 Å². The number of aliphatic hydroxyl groups is 2. The standard InChI is InChI=1S/C15H24O9/c1-14(2)21-9-8(6(16)7(17)12(18)19-5)20-13-11(10(9)22-14)23-15(3,4)24-13/h6-11,13,16-17H,1-5H3/t6-,7+,8-,9+,10+,11-,13-/m1/s1. The quantitative estimate of drug-likeness (QED) is 0.638. The molecule has 0 radical (unpaired) electrons. The van der Waals surface area contributed by atoms with Gasteiger partial charge in [-0.05, 0) is 27.7 Å². The van der Waals surface area contributed by atoms with Gasteiger partial charge in [-0.25, -0.2) is 4.79 Å². The fourth-order valence-electron chi connectivity index (χ4n) is 3.36. The van der Waals surface area contributed by atoms with Crippen LogP contribution in [-0.4, -0.2) is 77.8 Å². The monoisotopic (exact) mass is 348 g/mol. The summed E-state index contributed by atoms with van der Waals surface area (Å²) in [6.07, 6.45) is -7.09. The molecular formula is C15H24O9. The molecule has 0 amide bonds. The molecule has 138 valence electrons. The maximum absolute atomic E-state index is 11.5. The normalized spacial score (nSPS) is 42.0. The van der Waals surface area contributed by atoms with Gasteiger partial charge in [-0.3, -0.25) is 0 Å². The minimum absolute atomic E-state index is 0.550. The molecule has 0 saturated carbocycles. The van der Waals surface area contributed by atoms with E-state index in [1.165, 1.54) is 0 Å². The molecule has 3 rings (SSSR count). The van der Waals surface area contributed by atoms with Crippen molar-refractivity contribution in [3.05, 3.63) is 0 Å². The zero-order valence-electron chi connectivity index (χ0n) is 14.3. The largest absolute Gasteiger partial charge is 0.467 e. The molecule has 0 spiro atoms. The van der Waals surface area contributed by atoms with Gasteiger partial charge in [-0.2, -0.15) is 0 Å². The number of rotatable bonds is 3. The Morgan fingerprint density at radius 2 is 1.50 bits per heavy atom. The maximum atomic E-state index is 11.5. The number of esters is 1. The van der Waals surface area contributed by atoms with E-state index in [2.05, 4.69) is 4.74 Å². The highest BCUT2D eigenvalue weighted by Crippen LogP contribution is 2.44. The summed E-state index contributed by atoms with van der Waals surface area (Å²) in [5.74, 6) is -2.79. The maximum Gasteiger partial charge on any atom is 0.337 e. The fraction of sp³-hybridized carbons (Fsp3) is 0.933. The first kappa shape index (κ1) is 18.0. The summed E-state index contributed by atoms with van der Waals surface area (Å²) in [6.45, 7) is 6.92. The van der Waals surface area contributed by atoms with Crippen molar-refractivity contribution in [2.45, 2.75) is 82.2 Å². The molecule has 0 aromatic carbocycles. The molecule has 0 unspecified atom stereocenters. The third-order valence-electron chi connectivity index (χ3n) is 4.29. The predicted octanol–water partition coefficient (Wildman–Crippen LogP) is -0.722. The van der Waals surface area contributed by atoms with Gasteiger partial charge in [-0.15, -0.1) is 0 Å². The van der Waals surface area contributed by atoms with Crippen molar-refractivity contribution in [3.63, 3.8) is 0 Å². The van der Waals surface area contributed by atoms with Crippen LogP contribution in [0.3, 0.4) is 0 Å². The number of ether oxygens (including phenoxy) is 6. The summed E-state index contributed by atoms with van der Waals surface area (Å²) in [6, 6.07) is 0. The first-order chi connectivity index (χ1) is 11.0. The molecule has 0 aromatic rings. The summed E-state index contributed by atoms with van der Waals surface area (Å²) in [7, 11) is 1.12. The van der Waals surface area contributed by atoms with Crippen LogP contribution < -0.4 is 0 Å². The number of hydrogen-bond donors (Lipinski definition) is 2. The second kappa shape index (κ2) is 5.87. The van der Waals surface area contributed by atoms with E-state index in [1.54, 1.807) is 27.7 Å². The highest BCUT2D eigenvalue weighted by Gasteiger charge is 2.62. The Kier molecular flexibility index (Phi) is 4.40. The van der Waals surface area contributed by atoms with E-state index >= 15 is 0 Å². The van der Waals surface area contributed by atoms with Crippen LogP contribution in [0.1, 0.15) is 27.7 Å². The molecule has 3 aliphatic rings. The van der Waals surface area contributed by atoms with Gasteiger partial charge in [0.1, 0.15) is 30.5 Å². The van der Waals surface area contributed by atoms with Crippen LogP contribution in [0.4, 0.5) is 0 Å². The molecule has 2 N–H and O–H groups in total. The number of hydrogen-bond acceptors (Lipinski definition) is 9. The van der Waals surface area contributed by atoms with Gasteiger partial charge in [0, 0.05) is 0 Å². The van der Waals surface area contributed by atoms with Crippen LogP contribution in [-0.2, 0) is 33.2 Å². The SMILES string of the molecule is COC(=O)[C@@H](O)[C@@H](O)[C@H]1O[C@@H]2OC(C)(C)O[C@@H]2[C@H]2OC(C)(C)O[C@H]21. The lowest BCUT2D eigenvalue weighted by atomic mass is 9.93. The van der Waals surface area contributed by atoms with Gasteiger partial charge in [0.25, 0.3) is 0 Å². The van der Waals surface area contributed by atoms with Crippen molar-refractivity contribution in [3.8, 4) is 0 Å².